The van der Waals surface area contributed by atoms with Crippen LogP contribution >= 0.6 is 35.7 Å². The molecule has 3 atom stereocenters. The second kappa shape index (κ2) is 12.6. The summed E-state index contributed by atoms with van der Waals surface area (Å²) in [5.41, 5.74) is 0. The Balaban J connectivity index is 0.00000338. The summed E-state index contributed by atoms with van der Waals surface area (Å²) in [5.74, 6) is 0.952. The van der Waals surface area contributed by atoms with Crippen LogP contribution in [0.2, 0.25) is 0 Å². The summed E-state index contributed by atoms with van der Waals surface area (Å²) in [6, 6.07) is 6.17. The molecule has 1 aromatic carbocycles. The van der Waals surface area contributed by atoms with Crippen molar-refractivity contribution in [3.05, 3.63) is 30.1 Å². The third-order valence-electron chi connectivity index (χ3n) is 4.12. The number of nitrogens with one attached hydrogen (secondary N) is 2. The molecule has 0 heterocycles. The van der Waals surface area contributed by atoms with Crippen molar-refractivity contribution in [3.8, 4) is 5.75 Å². The van der Waals surface area contributed by atoms with Gasteiger partial charge in [0.15, 0.2) is 5.96 Å². The summed E-state index contributed by atoms with van der Waals surface area (Å²) in [4.78, 5) is 4.45. The first-order valence-corrected chi connectivity index (χ1v) is 10.0. The summed E-state index contributed by atoms with van der Waals surface area (Å²) in [6.45, 7) is 3.15. The van der Waals surface area contributed by atoms with Gasteiger partial charge in [0.2, 0.25) is 0 Å². The Morgan fingerprint density at radius 2 is 2.12 bits per heavy atom. The Bertz CT molecular complexity index is 548. The first-order valence-electron chi connectivity index (χ1n) is 8.74. The maximum absolute atomic E-state index is 12.8. The van der Waals surface area contributed by atoms with Gasteiger partial charge in [-0.3, -0.25) is 4.99 Å². The van der Waals surface area contributed by atoms with Gasteiger partial charge in [-0.1, -0.05) is 0 Å². The molecule has 3 N–H and O–H groups in total. The molecule has 26 heavy (non-hydrogen) atoms. The Morgan fingerprint density at radius 1 is 1.38 bits per heavy atom. The minimum atomic E-state index is -0.719. The molecule has 0 radical (unpaired) electrons. The number of ether oxygens (including phenoxy) is 1. The first-order chi connectivity index (χ1) is 12.1. The van der Waals surface area contributed by atoms with Crippen LogP contribution in [0.5, 0.6) is 5.75 Å². The third-order valence-corrected chi connectivity index (χ3v) is 5.21. The Hall–Kier alpha value is -0.740. The van der Waals surface area contributed by atoms with E-state index >= 15 is 0 Å². The van der Waals surface area contributed by atoms with E-state index in [0.29, 0.717) is 11.8 Å². The molecule has 8 heteroatoms. The van der Waals surface area contributed by atoms with Crippen molar-refractivity contribution >= 4 is 41.7 Å². The summed E-state index contributed by atoms with van der Waals surface area (Å²) in [5, 5.41) is 17.4. The molecule has 0 spiro atoms. The molecule has 1 aromatic rings. The predicted molar refractivity (Wildman–Crippen MR) is 117 cm³/mol. The van der Waals surface area contributed by atoms with Crippen LogP contribution < -0.4 is 15.4 Å². The zero-order valence-electron chi connectivity index (χ0n) is 15.3. The van der Waals surface area contributed by atoms with Crippen LogP contribution in [-0.2, 0) is 0 Å². The van der Waals surface area contributed by atoms with Gasteiger partial charge in [0.1, 0.15) is 24.3 Å². The third kappa shape index (κ3) is 8.30. The van der Waals surface area contributed by atoms with Gasteiger partial charge < -0.3 is 20.5 Å². The van der Waals surface area contributed by atoms with Gasteiger partial charge in [0, 0.05) is 17.8 Å². The van der Waals surface area contributed by atoms with E-state index in [-0.39, 0.29) is 42.9 Å². The maximum atomic E-state index is 12.8. The number of thioether (sulfide) groups is 1. The van der Waals surface area contributed by atoms with Gasteiger partial charge >= 0.3 is 0 Å². The van der Waals surface area contributed by atoms with E-state index in [9.17, 15) is 9.50 Å². The molecule has 0 aliphatic heterocycles. The molecule has 1 aliphatic rings. The molecule has 1 aliphatic carbocycles. The molecule has 5 nitrogen and oxygen atoms in total. The van der Waals surface area contributed by atoms with Gasteiger partial charge in [0.05, 0.1) is 6.54 Å². The average Bonchev–Trinajstić information content (AvgIpc) is 3.07. The van der Waals surface area contributed by atoms with Crippen LogP contribution in [0.25, 0.3) is 0 Å². The van der Waals surface area contributed by atoms with Gasteiger partial charge in [-0.05, 0) is 56.7 Å². The van der Waals surface area contributed by atoms with E-state index in [2.05, 4.69) is 21.9 Å². The molecule has 148 valence electrons. The Kier molecular flexibility index (Phi) is 11.3. The minimum absolute atomic E-state index is 0. The number of rotatable bonds is 8. The molecule has 0 amide bonds. The van der Waals surface area contributed by atoms with Gasteiger partial charge in [-0.15, -0.1) is 24.0 Å². The molecule has 1 fully saturated rings. The van der Waals surface area contributed by atoms with Crippen molar-refractivity contribution in [2.24, 2.45) is 4.99 Å². The number of aliphatic hydroxyl groups is 1. The molecular weight excluding hydrogens is 468 g/mol. The number of guanidine groups is 1. The average molecular weight is 497 g/mol. The zero-order valence-corrected chi connectivity index (χ0v) is 18.4. The number of aliphatic hydroxyl groups excluding tert-OH is 1. The van der Waals surface area contributed by atoms with Crippen LogP contribution in [0.3, 0.4) is 0 Å². The zero-order chi connectivity index (χ0) is 18.1. The van der Waals surface area contributed by atoms with E-state index < -0.39 is 6.10 Å². The summed E-state index contributed by atoms with van der Waals surface area (Å²) >= 11 is 1.92. The van der Waals surface area contributed by atoms with E-state index in [4.69, 9.17) is 4.74 Å². The van der Waals surface area contributed by atoms with Crippen LogP contribution in [0.1, 0.15) is 26.2 Å². The highest BCUT2D eigenvalue weighted by Gasteiger charge is 2.24. The van der Waals surface area contributed by atoms with Gasteiger partial charge in [0.25, 0.3) is 0 Å². The normalized spacial score (nSPS) is 21.0. The van der Waals surface area contributed by atoms with Crippen molar-refractivity contribution in [2.75, 3.05) is 26.0 Å². The van der Waals surface area contributed by atoms with Crippen molar-refractivity contribution in [1.29, 1.82) is 0 Å². The molecule has 0 saturated heterocycles. The largest absolute Gasteiger partial charge is 0.491 e. The maximum Gasteiger partial charge on any atom is 0.191 e. The lowest BCUT2D eigenvalue weighted by Crippen LogP contribution is -2.43. The van der Waals surface area contributed by atoms with Crippen LogP contribution in [0.4, 0.5) is 4.39 Å². The monoisotopic (exact) mass is 497 g/mol. The highest BCUT2D eigenvalue weighted by atomic mass is 127. The minimum Gasteiger partial charge on any atom is -0.491 e. The number of nitrogens with zero attached hydrogens (tertiary/aromatic N) is 1. The molecule has 0 aromatic heterocycles. The van der Waals surface area contributed by atoms with E-state index in [1.54, 1.807) is 12.1 Å². The molecule has 1 saturated carbocycles. The van der Waals surface area contributed by atoms with Crippen molar-refractivity contribution in [3.63, 3.8) is 0 Å². The summed E-state index contributed by atoms with van der Waals surface area (Å²) in [6.07, 6.45) is 4.95. The number of halogens is 2. The van der Waals surface area contributed by atoms with Crippen LogP contribution in [0.15, 0.2) is 29.3 Å². The smallest absolute Gasteiger partial charge is 0.191 e. The molecule has 3 unspecified atom stereocenters. The fourth-order valence-electron chi connectivity index (χ4n) is 2.77. The van der Waals surface area contributed by atoms with Gasteiger partial charge in [-0.2, -0.15) is 11.8 Å². The number of hydrogen-bond acceptors (Lipinski definition) is 4. The highest BCUT2D eigenvalue weighted by Crippen LogP contribution is 2.28. The van der Waals surface area contributed by atoms with Gasteiger partial charge in [-0.25, -0.2) is 4.39 Å². The summed E-state index contributed by atoms with van der Waals surface area (Å²) < 4.78 is 18.3. The van der Waals surface area contributed by atoms with E-state index in [1.165, 1.54) is 18.6 Å². The quantitative estimate of drug-likeness (QED) is 0.293. The van der Waals surface area contributed by atoms with E-state index in [0.717, 1.165) is 30.6 Å². The van der Waals surface area contributed by atoms with Crippen molar-refractivity contribution in [1.82, 2.24) is 10.6 Å². The lowest BCUT2D eigenvalue weighted by atomic mass is 10.2. The standard InChI is InChI=1S/C18H28FN3O2S.HI/c1-3-20-18(22-14-6-9-17(10-14)25-2)21-11-15(23)12-24-16-7-4-13(19)5-8-16;/h4-5,7-8,14-15,17,23H,3,6,9-12H2,1-2H3,(H2,20,21,22);1H. The van der Waals surface area contributed by atoms with Crippen LogP contribution in [-0.4, -0.2) is 54.4 Å². The molecular formula is C18H29FIN3O2S. The second-order valence-electron chi connectivity index (χ2n) is 6.15. The van der Waals surface area contributed by atoms with E-state index in [1.807, 2.05) is 18.7 Å². The predicted octanol–water partition coefficient (Wildman–Crippen LogP) is 3.02. The van der Waals surface area contributed by atoms with Crippen LogP contribution in [0, 0.1) is 5.82 Å². The molecule has 2 rings (SSSR count). The Labute approximate surface area is 176 Å². The fourth-order valence-corrected chi connectivity index (χ4v) is 3.57. The number of benzene rings is 1. The first kappa shape index (κ1) is 23.3. The van der Waals surface area contributed by atoms with Crippen molar-refractivity contribution in [2.45, 2.75) is 43.6 Å². The highest BCUT2D eigenvalue weighted by molar-refractivity contribution is 14.0. The lowest BCUT2D eigenvalue weighted by Gasteiger charge is -2.18. The number of hydrogen-bond donors (Lipinski definition) is 3. The molecule has 0 bridgehead atoms. The number of aliphatic imine (C=N–C) groups is 1. The second-order valence-corrected chi connectivity index (χ2v) is 7.29. The Morgan fingerprint density at radius 3 is 2.73 bits per heavy atom. The fraction of sp³-hybridized carbons (Fsp3) is 0.611. The lowest BCUT2D eigenvalue weighted by molar-refractivity contribution is 0.114. The SMILES string of the molecule is CCNC(=NCC(O)COc1ccc(F)cc1)NC1CCC(SC)C1.I. The van der Waals surface area contributed by atoms with Crippen molar-refractivity contribution < 1.29 is 14.2 Å². The summed E-state index contributed by atoms with van der Waals surface area (Å²) in [7, 11) is 0. The topological polar surface area (TPSA) is 65.9 Å².